The van der Waals surface area contributed by atoms with Gasteiger partial charge in [-0.05, 0) is 41.8 Å². The van der Waals surface area contributed by atoms with E-state index in [9.17, 15) is 9.59 Å². The minimum atomic E-state index is -0.330. The number of imide groups is 1. The third-order valence-electron chi connectivity index (χ3n) is 4.52. The van der Waals surface area contributed by atoms with Crippen molar-refractivity contribution in [2.45, 2.75) is 19.4 Å². The molecule has 3 rings (SSSR count). The van der Waals surface area contributed by atoms with Crippen LogP contribution in [-0.2, 0) is 22.6 Å². The molecule has 0 aromatic heterocycles. The third kappa shape index (κ3) is 3.83. The van der Waals surface area contributed by atoms with Gasteiger partial charge < -0.3 is 9.47 Å². The zero-order valence-corrected chi connectivity index (χ0v) is 15.5. The first-order valence-corrected chi connectivity index (χ1v) is 8.69. The molecule has 1 atom stereocenters. The molecular formula is C20H20ClNO4. The Morgan fingerprint density at radius 3 is 2.31 bits per heavy atom. The molecule has 0 spiro atoms. The van der Waals surface area contributed by atoms with E-state index in [1.54, 1.807) is 38.5 Å². The minimum Gasteiger partial charge on any atom is -0.493 e. The van der Waals surface area contributed by atoms with Gasteiger partial charge in [0.25, 0.3) is 0 Å². The van der Waals surface area contributed by atoms with Crippen molar-refractivity contribution in [1.29, 1.82) is 0 Å². The summed E-state index contributed by atoms with van der Waals surface area (Å²) in [5.74, 6) is 0.560. The molecular weight excluding hydrogens is 354 g/mol. The number of rotatable bonds is 6. The topological polar surface area (TPSA) is 55.8 Å². The Kier molecular flexibility index (Phi) is 5.47. The highest BCUT2D eigenvalue weighted by Gasteiger charge is 2.38. The summed E-state index contributed by atoms with van der Waals surface area (Å²) in [5.41, 5.74) is 1.81. The molecule has 1 heterocycles. The zero-order valence-electron chi connectivity index (χ0n) is 14.7. The van der Waals surface area contributed by atoms with E-state index >= 15 is 0 Å². The summed E-state index contributed by atoms with van der Waals surface area (Å²) in [7, 11) is 3.11. The Balaban J connectivity index is 1.72. The molecule has 0 N–H and O–H groups in total. The van der Waals surface area contributed by atoms with Gasteiger partial charge in [0.15, 0.2) is 11.5 Å². The lowest BCUT2D eigenvalue weighted by Crippen LogP contribution is -2.30. The van der Waals surface area contributed by atoms with Gasteiger partial charge in [-0.2, -0.15) is 0 Å². The number of amides is 2. The van der Waals surface area contributed by atoms with Crippen molar-refractivity contribution in [3.8, 4) is 11.5 Å². The fourth-order valence-electron chi connectivity index (χ4n) is 3.14. The van der Waals surface area contributed by atoms with Crippen LogP contribution in [0.15, 0.2) is 42.5 Å². The molecule has 2 amide bonds. The molecule has 1 saturated heterocycles. The molecule has 0 radical (unpaired) electrons. The van der Waals surface area contributed by atoms with Crippen LogP contribution in [0.2, 0.25) is 5.02 Å². The summed E-state index contributed by atoms with van der Waals surface area (Å²) in [4.78, 5) is 26.4. The first-order chi connectivity index (χ1) is 12.5. The van der Waals surface area contributed by atoms with E-state index < -0.39 is 0 Å². The predicted molar refractivity (Wildman–Crippen MR) is 98.4 cm³/mol. The first kappa shape index (κ1) is 18.3. The first-order valence-electron chi connectivity index (χ1n) is 8.31. The molecule has 1 aliphatic heterocycles. The molecule has 5 nitrogen and oxygen atoms in total. The lowest BCUT2D eigenvalue weighted by molar-refractivity contribution is -0.140. The van der Waals surface area contributed by atoms with Crippen molar-refractivity contribution >= 4 is 23.4 Å². The third-order valence-corrected chi connectivity index (χ3v) is 4.77. The Morgan fingerprint density at radius 2 is 1.65 bits per heavy atom. The van der Waals surface area contributed by atoms with E-state index in [2.05, 4.69) is 0 Å². The SMILES string of the molecule is COc1ccc(CN2C(=O)CC(Cc3ccc(Cl)cc3)C2=O)cc1OC. The standard InChI is InChI=1S/C20H20ClNO4/c1-25-17-8-5-14(10-18(17)26-2)12-22-19(23)11-15(20(22)24)9-13-3-6-16(21)7-4-13/h3-8,10,15H,9,11-12H2,1-2H3. The summed E-state index contributed by atoms with van der Waals surface area (Å²) in [6.07, 6.45) is 0.763. The number of likely N-dealkylation sites (tertiary alicyclic amines) is 1. The molecule has 136 valence electrons. The van der Waals surface area contributed by atoms with Gasteiger partial charge in [0.2, 0.25) is 11.8 Å². The number of benzene rings is 2. The van der Waals surface area contributed by atoms with Crippen LogP contribution in [0.3, 0.4) is 0 Å². The Morgan fingerprint density at radius 1 is 1.00 bits per heavy atom. The highest BCUT2D eigenvalue weighted by atomic mass is 35.5. The molecule has 1 aliphatic rings. The summed E-state index contributed by atoms with van der Waals surface area (Å²) >= 11 is 5.89. The summed E-state index contributed by atoms with van der Waals surface area (Å²) in [6, 6.07) is 12.7. The number of nitrogens with zero attached hydrogens (tertiary/aromatic N) is 1. The van der Waals surface area contributed by atoms with E-state index in [-0.39, 0.29) is 30.7 Å². The maximum Gasteiger partial charge on any atom is 0.233 e. The largest absolute Gasteiger partial charge is 0.493 e. The Labute approximate surface area is 157 Å². The number of hydrogen-bond donors (Lipinski definition) is 0. The van der Waals surface area contributed by atoms with Crippen molar-refractivity contribution in [3.05, 3.63) is 58.6 Å². The molecule has 0 bridgehead atoms. The molecule has 1 unspecified atom stereocenters. The van der Waals surface area contributed by atoms with Gasteiger partial charge >= 0.3 is 0 Å². The van der Waals surface area contributed by atoms with Crippen molar-refractivity contribution in [2.75, 3.05) is 14.2 Å². The molecule has 6 heteroatoms. The number of carbonyl (C=O) groups is 2. The fraction of sp³-hybridized carbons (Fsp3) is 0.300. The van der Waals surface area contributed by atoms with E-state index in [1.165, 1.54) is 4.90 Å². The van der Waals surface area contributed by atoms with Crippen LogP contribution < -0.4 is 9.47 Å². The summed E-state index contributed by atoms with van der Waals surface area (Å²) < 4.78 is 10.5. The molecule has 0 saturated carbocycles. The van der Waals surface area contributed by atoms with Crippen molar-refractivity contribution < 1.29 is 19.1 Å². The van der Waals surface area contributed by atoms with E-state index in [0.29, 0.717) is 22.9 Å². The zero-order chi connectivity index (χ0) is 18.7. The van der Waals surface area contributed by atoms with E-state index in [0.717, 1.165) is 11.1 Å². The van der Waals surface area contributed by atoms with Gasteiger partial charge in [-0.1, -0.05) is 29.8 Å². The lowest BCUT2D eigenvalue weighted by atomic mass is 9.98. The second kappa shape index (κ2) is 7.79. The van der Waals surface area contributed by atoms with Gasteiger partial charge in [0, 0.05) is 11.4 Å². The van der Waals surface area contributed by atoms with Gasteiger partial charge in [-0.25, -0.2) is 0 Å². The van der Waals surface area contributed by atoms with Gasteiger partial charge in [-0.3, -0.25) is 14.5 Å². The monoisotopic (exact) mass is 373 g/mol. The van der Waals surface area contributed by atoms with Crippen LogP contribution in [-0.4, -0.2) is 30.9 Å². The molecule has 26 heavy (non-hydrogen) atoms. The number of methoxy groups -OCH3 is 2. The summed E-state index contributed by atoms with van der Waals surface area (Å²) in [6.45, 7) is 0.231. The molecule has 2 aromatic carbocycles. The van der Waals surface area contributed by atoms with Gasteiger partial charge in [0.05, 0.1) is 26.7 Å². The average Bonchev–Trinajstić information content (AvgIpc) is 2.91. The van der Waals surface area contributed by atoms with Crippen molar-refractivity contribution in [1.82, 2.24) is 4.90 Å². The maximum atomic E-state index is 12.7. The highest BCUT2D eigenvalue weighted by molar-refractivity contribution is 6.30. The van der Waals surface area contributed by atoms with Crippen LogP contribution in [0, 0.1) is 5.92 Å². The number of carbonyl (C=O) groups excluding carboxylic acids is 2. The second-order valence-corrected chi connectivity index (χ2v) is 6.68. The predicted octanol–water partition coefficient (Wildman–Crippen LogP) is 3.48. The lowest BCUT2D eigenvalue weighted by Gasteiger charge is -2.16. The van der Waals surface area contributed by atoms with E-state index in [1.807, 2.05) is 18.2 Å². The average molecular weight is 374 g/mol. The van der Waals surface area contributed by atoms with Crippen LogP contribution in [0.5, 0.6) is 11.5 Å². The van der Waals surface area contributed by atoms with E-state index in [4.69, 9.17) is 21.1 Å². The normalized spacial score (nSPS) is 16.9. The van der Waals surface area contributed by atoms with Gasteiger partial charge in [-0.15, -0.1) is 0 Å². The van der Waals surface area contributed by atoms with Crippen LogP contribution in [0.4, 0.5) is 0 Å². The molecule has 2 aromatic rings. The van der Waals surface area contributed by atoms with Crippen molar-refractivity contribution in [3.63, 3.8) is 0 Å². The number of halogens is 1. The molecule has 0 aliphatic carbocycles. The smallest absolute Gasteiger partial charge is 0.233 e. The highest BCUT2D eigenvalue weighted by Crippen LogP contribution is 2.30. The maximum absolute atomic E-state index is 12.7. The van der Waals surface area contributed by atoms with Crippen LogP contribution in [0.1, 0.15) is 17.5 Å². The fourth-order valence-corrected chi connectivity index (χ4v) is 3.27. The Hall–Kier alpha value is -2.53. The summed E-state index contributed by atoms with van der Waals surface area (Å²) in [5, 5.41) is 0.651. The number of hydrogen-bond acceptors (Lipinski definition) is 4. The quantitative estimate of drug-likeness (QED) is 0.727. The minimum absolute atomic E-state index is 0.139. The second-order valence-electron chi connectivity index (χ2n) is 6.24. The van der Waals surface area contributed by atoms with Gasteiger partial charge in [0.1, 0.15) is 0 Å². The molecule has 1 fully saturated rings. The number of ether oxygens (including phenoxy) is 2. The van der Waals surface area contributed by atoms with Crippen LogP contribution in [0.25, 0.3) is 0 Å². The Bertz CT molecular complexity index is 819. The van der Waals surface area contributed by atoms with Crippen molar-refractivity contribution in [2.24, 2.45) is 5.92 Å². The van der Waals surface area contributed by atoms with Crippen LogP contribution >= 0.6 is 11.6 Å².